The number of aromatic nitrogens is 1. The fourth-order valence-corrected chi connectivity index (χ4v) is 0.676. The third-order valence-corrected chi connectivity index (χ3v) is 1.27. The van der Waals surface area contributed by atoms with Crippen LogP contribution in [0.25, 0.3) is 0 Å². The van der Waals surface area contributed by atoms with Crippen LogP contribution in [0.15, 0.2) is 18.3 Å². The molecule has 0 amide bonds. The molecule has 2 heteroatoms. The smallest absolute Gasteiger partial charge is 0.178 e. The van der Waals surface area contributed by atoms with Gasteiger partial charge < -0.3 is 0 Å². The van der Waals surface area contributed by atoms with E-state index in [2.05, 4.69) is 4.98 Å². The highest BCUT2D eigenvalue weighted by Crippen LogP contribution is 1.98. The van der Waals surface area contributed by atoms with Crippen LogP contribution in [0.2, 0.25) is 0 Å². The molecule has 0 bridgehead atoms. The van der Waals surface area contributed by atoms with Gasteiger partial charge in [0.2, 0.25) is 0 Å². The first kappa shape index (κ1) is 10.8. The van der Waals surface area contributed by atoms with Gasteiger partial charge in [-0.2, -0.15) is 0 Å². The summed E-state index contributed by atoms with van der Waals surface area (Å²) in [6.07, 6.45) is 1.69. The average Bonchev–Trinajstić information content (AvgIpc) is 2.09. The van der Waals surface area contributed by atoms with Gasteiger partial charge in [-0.3, -0.25) is 9.78 Å². The quantitative estimate of drug-likeness (QED) is 0.599. The Morgan fingerprint density at radius 2 is 1.92 bits per heavy atom. The monoisotopic (exact) mass is 165 g/mol. The lowest BCUT2D eigenvalue weighted by molar-refractivity contribution is 0.101. The van der Waals surface area contributed by atoms with E-state index in [9.17, 15) is 4.79 Å². The van der Waals surface area contributed by atoms with Crippen molar-refractivity contribution in [3.8, 4) is 0 Å². The predicted octanol–water partition coefficient (Wildman–Crippen LogP) is 2.62. The standard InChI is InChI=1S/C8H9NO.C2H6/c1-6-3-4-8(7(2)10)9-5-6;1-2/h3-5H,1-2H3;1-2H3. The Kier molecular flexibility index (Phi) is 4.93. The van der Waals surface area contributed by atoms with Crippen LogP contribution in [-0.4, -0.2) is 10.8 Å². The fraction of sp³-hybridized carbons (Fsp3) is 0.400. The molecule has 0 atom stereocenters. The third-order valence-electron chi connectivity index (χ3n) is 1.27. The zero-order valence-electron chi connectivity index (χ0n) is 8.09. The Hall–Kier alpha value is -1.18. The zero-order valence-corrected chi connectivity index (χ0v) is 8.09. The maximum absolute atomic E-state index is 10.7. The molecule has 0 fully saturated rings. The molecule has 0 aliphatic rings. The number of ketones is 1. The topological polar surface area (TPSA) is 30.0 Å². The SMILES string of the molecule is CC.CC(=O)c1ccc(C)cn1. The van der Waals surface area contributed by atoms with Gasteiger partial charge in [0.15, 0.2) is 5.78 Å². The second kappa shape index (κ2) is 5.47. The van der Waals surface area contributed by atoms with E-state index in [-0.39, 0.29) is 5.78 Å². The minimum atomic E-state index is 0.0139. The zero-order chi connectivity index (χ0) is 9.56. The Labute approximate surface area is 73.6 Å². The summed E-state index contributed by atoms with van der Waals surface area (Å²) < 4.78 is 0. The van der Waals surface area contributed by atoms with E-state index in [1.165, 1.54) is 6.92 Å². The highest BCUT2D eigenvalue weighted by Gasteiger charge is 1.97. The minimum absolute atomic E-state index is 0.0139. The first-order valence-electron chi connectivity index (χ1n) is 4.14. The molecule has 66 valence electrons. The van der Waals surface area contributed by atoms with E-state index in [0.29, 0.717) is 5.69 Å². The maximum Gasteiger partial charge on any atom is 0.178 e. The number of rotatable bonds is 1. The molecule has 0 aliphatic heterocycles. The molecule has 1 aromatic heterocycles. The molecular weight excluding hydrogens is 150 g/mol. The van der Waals surface area contributed by atoms with Crippen LogP contribution in [0.3, 0.4) is 0 Å². The van der Waals surface area contributed by atoms with Crippen LogP contribution in [0.1, 0.15) is 36.8 Å². The lowest BCUT2D eigenvalue weighted by atomic mass is 10.2. The Balaban J connectivity index is 0.000000561. The van der Waals surface area contributed by atoms with Crippen LogP contribution in [0, 0.1) is 6.92 Å². The van der Waals surface area contributed by atoms with Gasteiger partial charge in [-0.25, -0.2) is 0 Å². The van der Waals surface area contributed by atoms with Crippen LogP contribution in [-0.2, 0) is 0 Å². The number of nitrogens with zero attached hydrogens (tertiary/aromatic N) is 1. The van der Waals surface area contributed by atoms with Crippen molar-refractivity contribution in [3.05, 3.63) is 29.6 Å². The summed E-state index contributed by atoms with van der Waals surface area (Å²) in [7, 11) is 0. The van der Waals surface area contributed by atoms with E-state index in [1.54, 1.807) is 12.3 Å². The number of Topliss-reactive ketones (excluding diaryl/α,β-unsaturated/α-hetero) is 1. The van der Waals surface area contributed by atoms with Crippen molar-refractivity contribution in [2.24, 2.45) is 0 Å². The van der Waals surface area contributed by atoms with Crippen molar-refractivity contribution in [1.82, 2.24) is 4.98 Å². The molecule has 0 N–H and O–H groups in total. The van der Waals surface area contributed by atoms with Crippen molar-refractivity contribution in [2.45, 2.75) is 27.7 Å². The Morgan fingerprint density at radius 1 is 1.33 bits per heavy atom. The number of carbonyl (C=O) groups excluding carboxylic acids is 1. The van der Waals surface area contributed by atoms with E-state index in [0.717, 1.165) is 5.56 Å². The third kappa shape index (κ3) is 3.28. The largest absolute Gasteiger partial charge is 0.293 e. The van der Waals surface area contributed by atoms with Gasteiger partial charge in [0.1, 0.15) is 5.69 Å². The van der Waals surface area contributed by atoms with Crippen LogP contribution >= 0.6 is 0 Å². The minimum Gasteiger partial charge on any atom is -0.293 e. The summed E-state index contributed by atoms with van der Waals surface area (Å²) in [6.45, 7) is 7.45. The molecule has 1 rings (SSSR count). The van der Waals surface area contributed by atoms with Crippen LogP contribution < -0.4 is 0 Å². The summed E-state index contributed by atoms with van der Waals surface area (Å²) in [5, 5.41) is 0. The molecule has 0 aliphatic carbocycles. The van der Waals surface area contributed by atoms with Crippen molar-refractivity contribution in [1.29, 1.82) is 0 Å². The first-order chi connectivity index (χ1) is 5.70. The molecule has 0 radical (unpaired) electrons. The second-order valence-corrected chi connectivity index (χ2v) is 2.28. The maximum atomic E-state index is 10.7. The van der Waals surface area contributed by atoms with Crippen molar-refractivity contribution >= 4 is 5.78 Å². The van der Waals surface area contributed by atoms with Crippen LogP contribution in [0.5, 0.6) is 0 Å². The summed E-state index contributed by atoms with van der Waals surface area (Å²) in [5.41, 5.74) is 1.61. The second-order valence-electron chi connectivity index (χ2n) is 2.28. The lowest BCUT2D eigenvalue weighted by Gasteiger charge is -1.93. The van der Waals surface area contributed by atoms with Crippen molar-refractivity contribution in [2.75, 3.05) is 0 Å². The van der Waals surface area contributed by atoms with Gasteiger partial charge in [0.05, 0.1) is 0 Å². The molecule has 0 unspecified atom stereocenters. The first-order valence-corrected chi connectivity index (χ1v) is 4.14. The summed E-state index contributed by atoms with van der Waals surface area (Å²) in [4.78, 5) is 14.6. The molecule has 2 nitrogen and oxygen atoms in total. The number of carbonyl (C=O) groups is 1. The van der Waals surface area contributed by atoms with E-state index in [4.69, 9.17) is 0 Å². The lowest BCUT2D eigenvalue weighted by Crippen LogP contribution is -1.95. The van der Waals surface area contributed by atoms with Gasteiger partial charge in [-0.05, 0) is 18.6 Å². The van der Waals surface area contributed by atoms with Crippen molar-refractivity contribution in [3.63, 3.8) is 0 Å². The number of aryl methyl sites for hydroxylation is 1. The molecule has 0 spiro atoms. The van der Waals surface area contributed by atoms with E-state index < -0.39 is 0 Å². The molecule has 0 saturated carbocycles. The van der Waals surface area contributed by atoms with Gasteiger partial charge in [-0.1, -0.05) is 19.9 Å². The Bertz CT molecular complexity index is 239. The van der Waals surface area contributed by atoms with Crippen molar-refractivity contribution < 1.29 is 4.79 Å². The molecule has 1 aromatic rings. The molecular formula is C10H15NO. The highest BCUT2D eigenvalue weighted by atomic mass is 16.1. The summed E-state index contributed by atoms with van der Waals surface area (Å²) >= 11 is 0. The molecule has 12 heavy (non-hydrogen) atoms. The van der Waals surface area contributed by atoms with Crippen LogP contribution in [0.4, 0.5) is 0 Å². The summed E-state index contributed by atoms with van der Waals surface area (Å²) in [5.74, 6) is 0.0139. The van der Waals surface area contributed by atoms with E-state index in [1.807, 2.05) is 26.8 Å². The van der Waals surface area contributed by atoms with Gasteiger partial charge in [0.25, 0.3) is 0 Å². The highest BCUT2D eigenvalue weighted by molar-refractivity contribution is 5.91. The number of hydrogen-bond acceptors (Lipinski definition) is 2. The normalized spacial score (nSPS) is 8.33. The number of pyridine rings is 1. The Morgan fingerprint density at radius 3 is 2.25 bits per heavy atom. The summed E-state index contributed by atoms with van der Waals surface area (Å²) in [6, 6.07) is 3.61. The number of hydrogen-bond donors (Lipinski definition) is 0. The fourth-order valence-electron chi connectivity index (χ4n) is 0.676. The van der Waals surface area contributed by atoms with E-state index >= 15 is 0 Å². The van der Waals surface area contributed by atoms with Gasteiger partial charge >= 0.3 is 0 Å². The van der Waals surface area contributed by atoms with Gasteiger partial charge in [0, 0.05) is 13.1 Å². The molecule has 0 saturated heterocycles. The molecule has 0 aromatic carbocycles. The van der Waals surface area contributed by atoms with Gasteiger partial charge in [-0.15, -0.1) is 0 Å². The predicted molar refractivity (Wildman–Crippen MR) is 50.3 cm³/mol. The molecule has 1 heterocycles. The average molecular weight is 165 g/mol.